The molecule has 0 unspecified atom stereocenters. The van der Waals surface area contributed by atoms with Gasteiger partial charge in [0, 0.05) is 18.8 Å². The highest BCUT2D eigenvalue weighted by Gasteiger charge is 2.24. The number of hydrogen-bond donors (Lipinski definition) is 1. The number of anilines is 1. The van der Waals surface area contributed by atoms with Crippen molar-refractivity contribution in [3.63, 3.8) is 0 Å². The van der Waals surface area contributed by atoms with Crippen LogP contribution in [0, 0.1) is 5.92 Å². The Morgan fingerprint density at radius 1 is 1.16 bits per heavy atom. The zero-order valence-corrected chi connectivity index (χ0v) is 12.0. The second-order valence-corrected chi connectivity index (χ2v) is 6.40. The molecule has 0 saturated carbocycles. The minimum atomic E-state index is -0.650. The standard InChI is InChI=1S/C16H23NO2/c1-16(2,3)13-4-6-14(7-5-13)17-10-8-12(9-11-17)15(18)19/h4-7,12H,8-11H2,1-3H3,(H,18,19). The number of hydrogen-bond acceptors (Lipinski definition) is 2. The van der Waals surface area contributed by atoms with E-state index in [0.29, 0.717) is 0 Å². The van der Waals surface area contributed by atoms with Gasteiger partial charge in [-0.2, -0.15) is 0 Å². The normalized spacial score (nSPS) is 17.5. The SMILES string of the molecule is CC(C)(C)c1ccc(N2CCC(C(=O)O)CC2)cc1. The molecule has 3 nitrogen and oxygen atoms in total. The summed E-state index contributed by atoms with van der Waals surface area (Å²) in [5.74, 6) is -0.812. The lowest BCUT2D eigenvalue weighted by molar-refractivity contribution is -0.142. The van der Waals surface area contributed by atoms with Crippen LogP contribution in [-0.2, 0) is 10.2 Å². The average molecular weight is 261 g/mol. The van der Waals surface area contributed by atoms with E-state index in [2.05, 4.69) is 49.9 Å². The number of nitrogens with zero attached hydrogens (tertiary/aromatic N) is 1. The maximum absolute atomic E-state index is 10.9. The molecule has 2 rings (SSSR count). The predicted octanol–water partition coefficient (Wildman–Crippen LogP) is 3.29. The molecular formula is C16H23NO2. The lowest BCUT2D eigenvalue weighted by atomic mass is 9.87. The maximum atomic E-state index is 10.9. The maximum Gasteiger partial charge on any atom is 0.306 e. The third kappa shape index (κ3) is 3.28. The Morgan fingerprint density at radius 3 is 2.11 bits per heavy atom. The molecule has 0 atom stereocenters. The summed E-state index contributed by atoms with van der Waals surface area (Å²) in [6, 6.07) is 8.67. The Morgan fingerprint density at radius 2 is 1.68 bits per heavy atom. The van der Waals surface area contributed by atoms with Crippen LogP contribution in [0.1, 0.15) is 39.2 Å². The Bertz CT molecular complexity index is 437. The molecule has 0 radical (unpaired) electrons. The summed E-state index contributed by atoms with van der Waals surface area (Å²) in [7, 11) is 0. The van der Waals surface area contributed by atoms with Gasteiger partial charge in [0.2, 0.25) is 0 Å². The molecule has 1 aromatic rings. The number of carboxylic acids is 1. The minimum Gasteiger partial charge on any atom is -0.481 e. The molecule has 1 saturated heterocycles. The summed E-state index contributed by atoms with van der Waals surface area (Å²) < 4.78 is 0. The van der Waals surface area contributed by atoms with E-state index in [1.807, 2.05) is 0 Å². The van der Waals surface area contributed by atoms with E-state index in [1.54, 1.807) is 0 Å². The van der Waals surface area contributed by atoms with Crippen LogP contribution in [0.5, 0.6) is 0 Å². The minimum absolute atomic E-state index is 0.162. The third-order valence-corrected chi connectivity index (χ3v) is 3.94. The molecule has 1 aliphatic rings. The number of carboxylic acid groups (broad SMARTS) is 1. The van der Waals surface area contributed by atoms with Crippen LogP contribution in [0.2, 0.25) is 0 Å². The van der Waals surface area contributed by atoms with Gasteiger partial charge >= 0.3 is 5.97 Å². The van der Waals surface area contributed by atoms with Crippen LogP contribution in [0.3, 0.4) is 0 Å². The Balaban J connectivity index is 2.02. The van der Waals surface area contributed by atoms with Gasteiger partial charge in [-0.1, -0.05) is 32.9 Å². The van der Waals surface area contributed by atoms with E-state index in [4.69, 9.17) is 5.11 Å². The molecule has 1 N–H and O–H groups in total. The van der Waals surface area contributed by atoms with Gasteiger partial charge in [0.25, 0.3) is 0 Å². The smallest absolute Gasteiger partial charge is 0.306 e. The molecule has 19 heavy (non-hydrogen) atoms. The third-order valence-electron chi connectivity index (χ3n) is 3.94. The monoisotopic (exact) mass is 261 g/mol. The highest BCUT2D eigenvalue weighted by atomic mass is 16.4. The van der Waals surface area contributed by atoms with Crippen LogP contribution < -0.4 is 4.90 Å². The molecule has 0 bridgehead atoms. The molecule has 1 fully saturated rings. The average Bonchev–Trinajstić information content (AvgIpc) is 2.38. The Hall–Kier alpha value is -1.51. The van der Waals surface area contributed by atoms with Gasteiger partial charge in [0.15, 0.2) is 0 Å². The summed E-state index contributed by atoms with van der Waals surface area (Å²) in [6.45, 7) is 8.30. The first-order valence-corrected chi connectivity index (χ1v) is 6.96. The molecule has 1 heterocycles. The van der Waals surface area contributed by atoms with Crippen LogP contribution in [0.4, 0.5) is 5.69 Å². The van der Waals surface area contributed by atoms with Crippen LogP contribution >= 0.6 is 0 Å². The van der Waals surface area contributed by atoms with E-state index < -0.39 is 5.97 Å². The molecule has 3 heteroatoms. The van der Waals surface area contributed by atoms with E-state index in [9.17, 15) is 4.79 Å². The largest absolute Gasteiger partial charge is 0.481 e. The summed E-state index contributed by atoms with van der Waals surface area (Å²) in [4.78, 5) is 13.2. The van der Waals surface area contributed by atoms with E-state index in [1.165, 1.54) is 11.3 Å². The molecular weight excluding hydrogens is 238 g/mol. The summed E-state index contributed by atoms with van der Waals surface area (Å²) >= 11 is 0. The van der Waals surface area contributed by atoms with E-state index in [-0.39, 0.29) is 11.3 Å². The zero-order chi connectivity index (χ0) is 14.0. The number of piperidine rings is 1. The molecule has 1 aromatic carbocycles. The lowest BCUT2D eigenvalue weighted by Gasteiger charge is -2.32. The number of carbonyl (C=O) groups is 1. The van der Waals surface area contributed by atoms with Crippen molar-refractivity contribution in [3.05, 3.63) is 29.8 Å². The van der Waals surface area contributed by atoms with Gasteiger partial charge in [-0.15, -0.1) is 0 Å². The summed E-state index contributed by atoms with van der Waals surface area (Å²) in [6.07, 6.45) is 1.49. The van der Waals surface area contributed by atoms with E-state index in [0.717, 1.165) is 25.9 Å². The first-order valence-electron chi connectivity index (χ1n) is 6.96. The van der Waals surface area contributed by atoms with Gasteiger partial charge in [-0.25, -0.2) is 0 Å². The molecule has 0 aromatic heterocycles. The highest BCUT2D eigenvalue weighted by Crippen LogP contribution is 2.27. The molecule has 1 aliphatic heterocycles. The fourth-order valence-corrected chi connectivity index (χ4v) is 2.56. The second-order valence-electron chi connectivity index (χ2n) is 6.40. The van der Waals surface area contributed by atoms with Gasteiger partial charge in [0.1, 0.15) is 0 Å². The number of aliphatic carboxylic acids is 1. The van der Waals surface area contributed by atoms with Gasteiger partial charge < -0.3 is 10.0 Å². The summed E-state index contributed by atoms with van der Waals surface area (Å²) in [5.41, 5.74) is 2.71. The van der Waals surface area contributed by atoms with Gasteiger partial charge in [-0.3, -0.25) is 4.79 Å². The summed E-state index contributed by atoms with van der Waals surface area (Å²) in [5, 5.41) is 9.00. The Labute approximate surface area is 115 Å². The second kappa shape index (κ2) is 5.24. The highest BCUT2D eigenvalue weighted by molar-refractivity contribution is 5.70. The van der Waals surface area contributed by atoms with Gasteiger partial charge in [-0.05, 0) is 36.0 Å². The van der Waals surface area contributed by atoms with Crippen LogP contribution in [-0.4, -0.2) is 24.2 Å². The van der Waals surface area contributed by atoms with Crippen molar-refractivity contribution in [1.82, 2.24) is 0 Å². The van der Waals surface area contributed by atoms with Gasteiger partial charge in [0.05, 0.1) is 5.92 Å². The molecule has 0 spiro atoms. The van der Waals surface area contributed by atoms with Crippen molar-refractivity contribution in [2.75, 3.05) is 18.0 Å². The van der Waals surface area contributed by atoms with Crippen molar-refractivity contribution >= 4 is 11.7 Å². The first-order chi connectivity index (χ1) is 8.88. The fraction of sp³-hybridized carbons (Fsp3) is 0.562. The first kappa shape index (κ1) is 13.9. The lowest BCUT2D eigenvalue weighted by Crippen LogP contribution is -2.36. The van der Waals surface area contributed by atoms with Crippen LogP contribution in [0.25, 0.3) is 0 Å². The zero-order valence-electron chi connectivity index (χ0n) is 12.0. The van der Waals surface area contributed by atoms with Crippen molar-refractivity contribution in [1.29, 1.82) is 0 Å². The molecule has 104 valence electrons. The number of benzene rings is 1. The quantitative estimate of drug-likeness (QED) is 0.888. The number of rotatable bonds is 2. The van der Waals surface area contributed by atoms with Crippen molar-refractivity contribution < 1.29 is 9.90 Å². The molecule has 0 aliphatic carbocycles. The van der Waals surface area contributed by atoms with E-state index >= 15 is 0 Å². The molecule has 0 amide bonds. The van der Waals surface area contributed by atoms with Crippen molar-refractivity contribution in [2.24, 2.45) is 5.92 Å². The Kier molecular flexibility index (Phi) is 3.83. The van der Waals surface area contributed by atoms with Crippen molar-refractivity contribution in [2.45, 2.75) is 39.0 Å². The van der Waals surface area contributed by atoms with Crippen molar-refractivity contribution in [3.8, 4) is 0 Å². The topological polar surface area (TPSA) is 40.5 Å². The fourth-order valence-electron chi connectivity index (χ4n) is 2.56. The predicted molar refractivity (Wildman–Crippen MR) is 77.7 cm³/mol. The van der Waals surface area contributed by atoms with Crippen LogP contribution in [0.15, 0.2) is 24.3 Å².